The highest BCUT2D eigenvalue weighted by molar-refractivity contribution is 6.35. The maximum Gasteiger partial charge on any atom is 0.266 e. The van der Waals surface area contributed by atoms with Gasteiger partial charge in [0.1, 0.15) is 12.4 Å². The summed E-state index contributed by atoms with van der Waals surface area (Å²) in [5.74, 6) is 5.15. The Balaban J connectivity index is 2.02. The highest BCUT2D eigenvalue weighted by atomic mass is 35.5. The van der Waals surface area contributed by atoms with Gasteiger partial charge in [0, 0.05) is 11.2 Å². The number of rotatable bonds is 4. The van der Waals surface area contributed by atoms with Gasteiger partial charge in [0.15, 0.2) is 0 Å². The molecule has 2 aromatic rings. The van der Waals surface area contributed by atoms with E-state index >= 15 is 0 Å². The first-order chi connectivity index (χ1) is 9.60. The van der Waals surface area contributed by atoms with Gasteiger partial charge >= 0.3 is 0 Å². The number of nitrogen functional groups attached to an aromatic ring is 1. The molecule has 0 saturated heterocycles. The standard InChI is InChI=1S/C13H11Cl2N3O2/c14-9-2-4-12(11(15)5-9)20-7-10-3-1-8(6-17-10)13(19)18-16/h1-6H,7,16H2,(H,18,19). The van der Waals surface area contributed by atoms with Crippen molar-refractivity contribution in [1.82, 2.24) is 10.4 Å². The molecule has 0 aliphatic carbocycles. The number of amides is 1. The van der Waals surface area contributed by atoms with Crippen molar-refractivity contribution in [3.63, 3.8) is 0 Å². The predicted octanol–water partition coefficient (Wildman–Crippen LogP) is 2.57. The molecule has 0 fully saturated rings. The Kier molecular flexibility index (Phi) is 4.79. The van der Waals surface area contributed by atoms with Crippen molar-refractivity contribution in [2.75, 3.05) is 0 Å². The van der Waals surface area contributed by atoms with Crippen molar-refractivity contribution >= 4 is 29.1 Å². The molecule has 5 nitrogen and oxygen atoms in total. The van der Waals surface area contributed by atoms with E-state index in [4.69, 9.17) is 33.8 Å². The fourth-order valence-corrected chi connectivity index (χ4v) is 1.93. The molecular weight excluding hydrogens is 301 g/mol. The van der Waals surface area contributed by atoms with Crippen molar-refractivity contribution in [2.24, 2.45) is 5.84 Å². The molecule has 0 atom stereocenters. The molecule has 2 rings (SSSR count). The van der Waals surface area contributed by atoms with Crippen LogP contribution >= 0.6 is 23.2 Å². The molecule has 7 heteroatoms. The zero-order valence-corrected chi connectivity index (χ0v) is 11.8. The molecular formula is C13H11Cl2N3O2. The number of nitrogens with one attached hydrogen (secondary N) is 1. The van der Waals surface area contributed by atoms with E-state index in [-0.39, 0.29) is 6.61 Å². The third-order valence-electron chi connectivity index (χ3n) is 2.49. The lowest BCUT2D eigenvalue weighted by Gasteiger charge is -2.08. The van der Waals surface area contributed by atoms with Crippen molar-refractivity contribution < 1.29 is 9.53 Å². The number of hydrogen-bond donors (Lipinski definition) is 2. The van der Waals surface area contributed by atoms with E-state index in [2.05, 4.69) is 4.98 Å². The van der Waals surface area contributed by atoms with E-state index < -0.39 is 5.91 Å². The van der Waals surface area contributed by atoms with Gasteiger partial charge in [-0.05, 0) is 30.3 Å². The van der Waals surface area contributed by atoms with Gasteiger partial charge in [0.25, 0.3) is 5.91 Å². The average molecular weight is 312 g/mol. The van der Waals surface area contributed by atoms with Crippen LogP contribution in [0.2, 0.25) is 10.0 Å². The first-order valence-corrected chi connectivity index (χ1v) is 6.39. The largest absolute Gasteiger partial charge is 0.486 e. The van der Waals surface area contributed by atoms with Gasteiger partial charge in [0.05, 0.1) is 16.3 Å². The normalized spacial score (nSPS) is 10.2. The van der Waals surface area contributed by atoms with Crippen LogP contribution < -0.4 is 16.0 Å². The first-order valence-electron chi connectivity index (χ1n) is 5.64. The van der Waals surface area contributed by atoms with Crippen LogP contribution in [0.4, 0.5) is 0 Å². The molecule has 0 aliphatic heterocycles. The number of nitrogens with zero attached hydrogens (tertiary/aromatic N) is 1. The van der Waals surface area contributed by atoms with E-state index in [9.17, 15) is 4.79 Å². The Morgan fingerprint density at radius 2 is 2.10 bits per heavy atom. The van der Waals surface area contributed by atoms with Crippen molar-refractivity contribution in [3.05, 3.63) is 57.8 Å². The third kappa shape index (κ3) is 3.60. The number of carbonyl (C=O) groups excluding carboxylic acids is 1. The number of hydrazine groups is 1. The Bertz CT molecular complexity index is 618. The number of halogens is 2. The summed E-state index contributed by atoms with van der Waals surface area (Å²) in [7, 11) is 0. The number of hydrogen-bond acceptors (Lipinski definition) is 4. The van der Waals surface area contributed by atoms with Gasteiger partial charge in [0.2, 0.25) is 0 Å². The molecule has 3 N–H and O–H groups in total. The molecule has 1 amide bonds. The first kappa shape index (κ1) is 14.6. The van der Waals surface area contributed by atoms with Crippen molar-refractivity contribution in [3.8, 4) is 5.75 Å². The van der Waals surface area contributed by atoms with Gasteiger partial charge in [-0.2, -0.15) is 0 Å². The molecule has 1 aromatic heterocycles. The summed E-state index contributed by atoms with van der Waals surface area (Å²) in [4.78, 5) is 15.3. The van der Waals surface area contributed by atoms with Gasteiger partial charge in [-0.1, -0.05) is 23.2 Å². The summed E-state index contributed by atoms with van der Waals surface area (Å²) in [5, 5.41) is 0.967. The zero-order valence-electron chi connectivity index (χ0n) is 10.3. The number of carbonyl (C=O) groups is 1. The van der Waals surface area contributed by atoms with Crippen molar-refractivity contribution in [1.29, 1.82) is 0 Å². The van der Waals surface area contributed by atoms with Crippen LogP contribution in [-0.4, -0.2) is 10.9 Å². The second-order valence-corrected chi connectivity index (χ2v) is 4.72. The molecule has 20 heavy (non-hydrogen) atoms. The highest BCUT2D eigenvalue weighted by Gasteiger charge is 2.06. The van der Waals surface area contributed by atoms with E-state index in [0.29, 0.717) is 27.1 Å². The Morgan fingerprint density at radius 1 is 1.30 bits per heavy atom. The summed E-state index contributed by atoms with van der Waals surface area (Å²) >= 11 is 11.8. The van der Waals surface area contributed by atoms with E-state index in [0.717, 1.165) is 0 Å². The monoisotopic (exact) mass is 311 g/mol. The maximum atomic E-state index is 11.2. The van der Waals surface area contributed by atoms with E-state index in [1.165, 1.54) is 6.20 Å². The molecule has 0 saturated carbocycles. The predicted molar refractivity (Wildman–Crippen MR) is 76.7 cm³/mol. The molecule has 1 aromatic carbocycles. The lowest BCUT2D eigenvalue weighted by Crippen LogP contribution is -2.30. The minimum Gasteiger partial charge on any atom is -0.486 e. The maximum absolute atomic E-state index is 11.2. The average Bonchev–Trinajstić information content (AvgIpc) is 2.46. The lowest BCUT2D eigenvalue weighted by atomic mass is 10.2. The number of benzene rings is 1. The lowest BCUT2D eigenvalue weighted by molar-refractivity contribution is 0.0953. The molecule has 0 aliphatic rings. The van der Waals surface area contributed by atoms with Crippen LogP contribution in [0.15, 0.2) is 36.5 Å². The smallest absolute Gasteiger partial charge is 0.266 e. The van der Waals surface area contributed by atoms with Crippen LogP contribution in [0.3, 0.4) is 0 Å². The van der Waals surface area contributed by atoms with Gasteiger partial charge in [-0.15, -0.1) is 0 Å². The minimum absolute atomic E-state index is 0.228. The SMILES string of the molecule is NNC(=O)c1ccc(COc2ccc(Cl)cc2Cl)nc1. The van der Waals surface area contributed by atoms with Crippen LogP contribution in [0.5, 0.6) is 5.75 Å². The molecule has 0 spiro atoms. The Labute approximate surface area is 125 Å². The summed E-state index contributed by atoms with van der Waals surface area (Å²) in [6.45, 7) is 0.228. The summed E-state index contributed by atoms with van der Waals surface area (Å²) in [6, 6.07) is 8.25. The van der Waals surface area contributed by atoms with Crippen LogP contribution in [0.1, 0.15) is 16.1 Å². The summed E-state index contributed by atoms with van der Waals surface area (Å²) in [5.41, 5.74) is 3.06. The van der Waals surface area contributed by atoms with Gasteiger partial charge in [-0.25, -0.2) is 5.84 Å². The van der Waals surface area contributed by atoms with Gasteiger partial charge < -0.3 is 4.74 Å². The second-order valence-electron chi connectivity index (χ2n) is 3.88. The number of pyridine rings is 1. The summed E-state index contributed by atoms with van der Waals surface area (Å²) in [6.07, 6.45) is 1.42. The van der Waals surface area contributed by atoms with E-state index in [1.54, 1.807) is 30.3 Å². The Morgan fingerprint density at radius 3 is 2.70 bits per heavy atom. The molecule has 0 radical (unpaired) electrons. The summed E-state index contributed by atoms with van der Waals surface area (Å²) < 4.78 is 5.53. The Hall–Kier alpha value is -1.82. The van der Waals surface area contributed by atoms with Crippen LogP contribution in [0, 0.1) is 0 Å². The molecule has 0 bridgehead atoms. The molecule has 0 unspecified atom stereocenters. The zero-order chi connectivity index (χ0) is 14.5. The number of ether oxygens (including phenoxy) is 1. The fraction of sp³-hybridized carbons (Fsp3) is 0.0769. The molecule has 1 heterocycles. The third-order valence-corrected chi connectivity index (χ3v) is 3.02. The van der Waals surface area contributed by atoms with Gasteiger partial charge in [-0.3, -0.25) is 15.2 Å². The molecule has 104 valence electrons. The minimum atomic E-state index is -0.397. The van der Waals surface area contributed by atoms with E-state index in [1.807, 2.05) is 5.43 Å². The van der Waals surface area contributed by atoms with Crippen molar-refractivity contribution in [2.45, 2.75) is 6.61 Å². The number of aromatic nitrogens is 1. The fourth-order valence-electron chi connectivity index (χ4n) is 1.47. The van der Waals surface area contributed by atoms with Crippen LogP contribution in [0.25, 0.3) is 0 Å². The topological polar surface area (TPSA) is 77.2 Å². The number of nitrogens with two attached hydrogens (primary N) is 1. The van der Waals surface area contributed by atoms with Crippen LogP contribution in [-0.2, 0) is 6.61 Å². The second kappa shape index (κ2) is 6.56. The quantitative estimate of drug-likeness (QED) is 0.517. The highest BCUT2D eigenvalue weighted by Crippen LogP contribution is 2.27.